The van der Waals surface area contributed by atoms with E-state index >= 15 is 0 Å². The van der Waals surface area contributed by atoms with Crippen LogP contribution >= 0.6 is 0 Å². The number of halogens is 1. The molecule has 3 nitrogen and oxygen atoms in total. The van der Waals surface area contributed by atoms with Crippen LogP contribution in [0.3, 0.4) is 0 Å². The number of rotatable bonds is 7. The maximum absolute atomic E-state index is 14.3. The Morgan fingerprint density at radius 3 is 2.52 bits per heavy atom. The number of nitrogens with zero attached hydrogens (tertiary/aromatic N) is 1. The van der Waals surface area contributed by atoms with Crippen molar-refractivity contribution in [1.82, 2.24) is 0 Å². The van der Waals surface area contributed by atoms with Crippen LogP contribution in [0.2, 0.25) is 0 Å². The first-order valence-electron chi connectivity index (χ1n) is 7.07. The zero-order chi connectivity index (χ0) is 15.1. The van der Waals surface area contributed by atoms with Gasteiger partial charge in [0.1, 0.15) is 0 Å². The van der Waals surface area contributed by atoms with Crippen molar-refractivity contribution in [1.29, 1.82) is 0 Å². The first-order valence-corrected chi connectivity index (χ1v) is 7.07. The first kappa shape index (κ1) is 15.3. The summed E-state index contributed by atoms with van der Waals surface area (Å²) in [6.45, 7) is 1.90. The monoisotopic (exact) mass is 288 g/mol. The van der Waals surface area contributed by atoms with E-state index in [2.05, 4.69) is 4.90 Å². The minimum Gasteiger partial charge on any atom is -0.494 e. The molecular formula is C17H21FN2O. The van der Waals surface area contributed by atoms with E-state index in [0.29, 0.717) is 18.7 Å². The van der Waals surface area contributed by atoms with Crippen molar-refractivity contribution in [3.05, 3.63) is 59.9 Å². The number of methoxy groups -OCH3 is 1. The Hall–Kier alpha value is -2.07. The predicted octanol–water partition coefficient (Wildman–Crippen LogP) is 3.19. The molecule has 2 N–H and O–H groups in total. The van der Waals surface area contributed by atoms with E-state index in [4.69, 9.17) is 10.5 Å². The highest BCUT2D eigenvalue weighted by Crippen LogP contribution is 2.23. The Balaban J connectivity index is 2.23. The third-order valence-corrected chi connectivity index (χ3v) is 3.38. The van der Waals surface area contributed by atoms with E-state index in [9.17, 15) is 4.39 Å². The van der Waals surface area contributed by atoms with E-state index in [1.807, 2.05) is 36.4 Å². The lowest BCUT2D eigenvalue weighted by Crippen LogP contribution is -2.26. The summed E-state index contributed by atoms with van der Waals surface area (Å²) in [7, 11) is 1.48. The molecule has 0 fully saturated rings. The van der Waals surface area contributed by atoms with Gasteiger partial charge in [-0.2, -0.15) is 0 Å². The molecule has 0 bridgehead atoms. The van der Waals surface area contributed by atoms with Crippen LogP contribution in [-0.4, -0.2) is 20.2 Å². The second-order valence-corrected chi connectivity index (χ2v) is 4.83. The van der Waals surface area contributed by atoms with Crippen LogP contribution in [0.15, 0.2) is 48.5 Å². The van der Waals surface area contributed by atoms with Crippen molar-refractivity contribution in [3.63, 3.8) is 0 Å². The smallest absolute Gasteiger partial charge is 0.170 e. The van der Waals surface area contributed by atoms with Crippen LogP contribution in [0.4, 0.5) is 10.1 Å². The highest BCUT2D eigenvalue weighted by atomic mass is 19.1. The fourth-order valence-electron chi connectivity index (χ4n) is 2.26. The van der Waals surface area contributed by atoms with Crippen molar-refractivity contribution >= 4 is 5.69 Å². The van der Waals surface area contributed by atoms with E-state index in [1.54, 1.807) is 12.1 Å². The average Bonchev–Trinajstić information content (AvgIpc) is 2.53. The molecule has 0 saturated heterocycles. The molecule has 21 heavy (non-hydrogen) atoms. The molecule has 112 valence electrons. The van der Waals surface area contributed by atoms with Gasteiger partial charge in [0.25, 0.3) is 0 Å². The molecule has 0 unspecified atom stereocenters. The standard InChI is InChI=1S/C17H21FN2O/c1-21-16-10-5-7-14(17(16)18)13-20(12-6-11-19)15-8-3-2-4-9-15/h2-5,7-10H,6,11-13,19H2,1H3. The number of ether oxygens (including phenoxy) is 1. The van der Waals surface area contributed by atoms with Crippen LogP contribution in [0.1, 0.15) is 12.0 Å². The van der Waals surface area contributed by atoms with Gasteiger partial charge >= 0.3 is 0 Å². The molecule has 4 heteroatoms. The second-order valence-electron chi connectivity index (χ2n) is 4.83. The van der Waals surface area contributed by atoms with Crippen molar-refractivity contribution in [2.45, 2.75) is 13.0 Å². The lowest BCUT2D eigenvalue weighted by atomic mass is 10.1. The summed E-state index contributed by atoms with van der Waals surface area (Å²) in [5.74, 6) is -0.0204. The Morgan fingerprint density at radius 1 is 1.10 bits per heavy atom. The molecule has 0 aromatic heterocycles. The third kappa shape index (κ3) is 3.95. The van der Waals surface area contributed by atoms with Crippen LogP contribution in [0.25, 0.3) is 0 Å². The van der Waals surface area contributed by atoms with Crippen LogP contribution in [0.5, 0.6) is 5.75 Å². The van der Waals surface area contributed by atoms with Gasteiger partial charge in [-0.25, -0.2) is 4.39 Å². The number of nitrogens with two attached hydrogens (primary N) is 1. The maximum atomic E-state index is 14.3. The molecule has 0 aliphatic heterocycles. The SMILES string of the molecule is COc1cccc(CN(CCCN)c2ccccc2)c1F. The maximum Gasteiger partial charge on any atom is 0.170 e. The van der Waals surface area contributed by atoms with Gasteiger partial charge in [-0.3, -0.25) is 0 Å². The normalized spacial score (nSPS) is 10.4. The first-order chi connectivity index (χ1) is 10.3. The van der Waals surface area contributed by atoms with Crippen LogP contribution in [0, 0.1) is 5.82 Å². The summed E-state index contributed by atoms with van der Waals surface area (Å²) in [6.07, 6.45) is 0.862. The summed E-state index contributed by atoms with van der Waals surface area (Å²) in [4.78, 5) is 2.13. The van der Waals surface area contributed by atoms with Gasteiger partial charge in [-0.05, 0) is 31.2 Å². The Bertz CT molecular complexity index is 560. The Labute approximate surface area is 125 Å². The molecule has 0 atom stereocenters. The van der Waals surface area contributed by atoms with Crippen LogP contribution < -0.4 is 15.4 Å². The van der Waals surface area contributed by atoms with Gasteiger partial charge in [0.05, 0.1) is 7.11 Å². The predicted molar refractivity (Wildman–Crippen MR) is 84.1 cm³/mol. The van der Waals surface area contributed by atoms with Gasteiger partial charge in [0.2, 0.25) is 0 Å². The van der Waals surface area contributed by atoms with E-state index in [-0.39, 0.29) is 11.6 Å². The molecule has 2 aromatic rings. The largest absolute Gasteiger partial charge is 0.494 e. The zero-order valence-electron chi connectivity index (χ0n) is 12.3. The molecule has 0 aliphatic carbocycles. The summed E-state index contributed by atoms with van der Waals surface area (Å²) in [6, 6.07) is 15.2. The summed E-state index contributed by atoms with van der Waals surface area (Å²) in [5.41, 5.74) is 7.29. The van der Waals surface area contributed by atoms with Gasteiger partial charge in [0.15, 0.2) is 11.6 Å². The molecular weight excluding hydrogens is 267 g/mol. The minimum atomic E-state index is -0.298. The molecule has 0 saturated carbocycles. The second kappa shape index (κ2) is 7.64. The van der Waals surface area contributed by atoms with Crippen molar-refractivity contribution < 1.29 is 9.13 Å². The van der Waals surface area contributed by atoms with Crippen LogP contribution in [-0.2, 0) is 6.54 Å². The third-order valence-electron chi connectivity index (χ3n) is 3.38. The minimum absolute atomic E-state index is 0.277. The fourth-order valence-corrected chi connectivity index (χ4v) is 2.26. The topological polar surface area (TPSA) is 38.5 Å². The van der Waals surface area contributed by atoms with Gasteiger partial charge < -0.3 is 15.4 Å². The summed E-state index contributed by atoms with van der Waals surface area (Å²) < 4.78 is 19.3. The number of hydrogen-bond acceptors (Lipinski definition) is 3. The quantitative estimate of drug-likeness (QED) is 0.850. The molecule has 0 heterocycles. The Kier molecular flexibility index (Phi) is 5.58. The van der Waals surface area contributed by atoms with E-state index < -0.39 is 0 Å². The molecule has 2 aromatic carbocycles. The Morgan fingerprint density at radius 2 is 1.86 bits per heavy atom. The molecule has 0 radical (unpaired) electrons. The zero-order valence-corrected chi connectivity index (χ0v) is 12.3. The molecule has 0 spiro atoms. The number of hydrogen-bond donors (Lipinski definition) is 1. The number of benzene rings is 2. The average molecular weight is 288 g/mol. The summed E-state index contributed by atoms with van der Waals surface area (Å²) in [5, 5.41) is 0. The fraction of sp³-hybridized carbons (Fsp3) is 0.294. The molecule has 0 aliphatic rings. The highest BCUT2D eigenvalue weighted by molar-refractivity contribution is 5.47. The lowest BCUT2D eigenvalue weighted by molar-refractivity contribution is 0.384. The van der Waals surface area contributed by atoms with Gasteiger partial charge in [-0.1, -0.05) is 30.3 Å². The van der Waals surface area contributed by atoms with Crippen molar-refractivity contribution in [3.8, 4) is 5.75 Å². The number of anilines is 1. The number of para-hydroxylation sites is 1. The van der Waals surface area contributed by atoms with Crippen molar-refractivity contribution in [2.75, 3.05) is 25.1 Å². The van der Waals surface area contributed by atoms with Crippen molar-refractivity contribution in [2.24, 2.45) is 5.73 Å². The van der Waals surface area contributed by atoms with Gasteiger partial charge in [0, 0.05) is 24.3 Å². The molecule has 0 amide bonds. The summed E-state index contributed by atoms with van der Waals surface area (Å²) >= 11 is 0. The van der Waals surface area contributed by atoms with E-state index in [1.165, 1.54) is 7.11 Å². The van der Waals surface area contributed by atoms with E-state index in [0.717, 1.165) is 18.7 Å². The highest BCUT2D eigenvalue weighted by Gasteiger charge is 2.13. The molecule has 2 rings (SSSR count). The lowest BCUT2D eigenvalue weighted by Gasteiger charge is -2.25. The van der Waals surface area contributed by atoms with Gasteiger partial charge in [-0.15, -0.1) is 0 Å².